The van der Waals surface area contributed by atoms with Gasteiger partial charge in [0, 0.05) is 43.8 Å². The van der Waals surface area contributed by atoms with Crippen molar-refractivity contribution < 1.29 is 17.9 Å². The minimum atomic E-state index is -4.08. The summed E-state index contributed by atoms with van der Waals surface area (Å²) >= 11 is 0. The van der Waals surface area contributed by atoms with Gasteiger partial charge in [0.2, 0.25) is 5.95 Å². The Balaban J connectivity index is 1.43. The molecule has 0 radical (unpaired) electrons. The molecule has 1 fully saturated rings. The number of aromatic nitrogens is 5. The van der Waals surface area contributed by atoms with Gasteiger partial charge in [0.1, 0.15) is 5.39 Å². The van der Waals surface area contributed by atoms with Crippen LogP contribution >= 0.6 is 0 Å². The number of ether oxygens (including phenoxy) is 1. The minimum Gasteiger partial charge on any atom is -0.453 e. The third kappa shape index (κ3) is 5.23. The third-order valence-electron chi connectivity index (χ3n) is 6.40. The summed E-state index contributed by atoms with van der Waals surface area (Å²) in [6.07, 6.45) is 2.61. The van der Waals surface area contributed by atoms with Gasteiger partial charge in [-0.05, 0) is 36.4 Å². The second kappa shape index (κ2) is 10.8. The Hall–Kier alpha value is -4.76. The number of hydrogen-bond donors (Lipinski definition) is 2. The molecule has 208 valence electrons. The normalized spacial score (nSPS) is 13.8. The van der Waals surface area contributed by atoms with Gasteiger partial charge in [0.05, 0.1) is 13.7 Å². The van der Waals surface area contributed by atoms with E-state index in [0.717, 1.165) is 5.69 Å². The number of nitrogens with one attached hydrogen (secondary N) is 1. The summed E-state index contributed by atoms with van der Waals surface area (Å²) in [7, 11) is -2.70. The van der Waals surface area contributed by atoms with E-state index in [1.165, 1.54) is 40.9 Å². The van der Waals surface area contributed by atoms with Crippen LogP contribution in [-0.2, 0) is 21.3 Å². The number of carbonyl (C=O) groups is 1. The fourth-order valence-electron chi connectivity index (χ4n) is 4.45. The van der Waals surface area contributed by atoms with Crippen molar-refractivity contribution in [3.8, 4) is 5.82 Å². The van der Waals surface area contributed by atoms with Crippen molar-refractivity contribution in [2.75, 3.05) is 43.5 Å². The molecule has 3 N–H and O–H groups in total. The van der Waals surface area contributed by atoms with Gasteiger partial charge in [-0.3, -0.25) is 4.79 Å². The van der Waals surface area contributed by atoms with E-state index in [0.29, 0.717) is 31.9 Å². The Bertz CT molecular complexity index is 1740. The number of amides is 1. The molecule has 1 saturated heterocycles. The number of carbonyl (C=O) groups excluding carboxylic acids is 1. The molecule has 40 heavy (non-hydrogen) atoms. The standard InChI is InChI=1S/C25H27N9O5S/c1-3-11-33-23(35)19-16-27-24(30-22(19)34(33)20-5-4-6-21(29-20)40(26,37)38)28-17-7-9-18(10-8-17)31-12-14-32(15-13-31)25(36)39-2/h3-10,16H,1,11-15H2,2H3,(H2,26,37,38)(H,27,28,30). The number of fused-ring (bicyclic) bond motifs is 1. The van der Waals surface area contributed by atoms with Crippen molar-refractivity contribution in [2.45, 2.75) is 11.6 Å². The summed E-state index contributed by atoms with van der Waals surface area (Å²) in [6, 6.07) is 12.0. The molecule has 1 amide bonds. The van der Waals surface area contributed by atoms with Crippen LogP contribution in [0.15, 0.2) is 71.1 Å². The third-order valence-corrected chi connectivity index (χ3v) is 7.21. The Morgan fingerprint density at radius 3 is 2.50 bits per heavy atom. The lowest BCUT2D eigenvalue weighted by Crippen LogP contribution is -2.48. The molecule has 15 heteroatoms. The number of nitrogens with zero attached hydrogens (tertiary/aromatic N) is 7. The average molecular weight is 566 g/mol. The Morgan fingerprint density at radius 1 is 1.12 bits per heavy atom. The molecule has 0 unspecified atom stereocenters. The lowest BCUT2D eigenvalue weighted by atomic mass is 10.2. The maximum Gasteiger partial charge on any atom is 0.409 e. The smallest absolute Gasteiger partial charge is 0.409 e. The van der Waals surface area contributed by atoms with Crippen LogP contribution in [0, 0.1) is 0 Å². The Morgan fingerprint density at radius 2 is 1.85 bits per heavy atom. The van der Waals surface area contributed by atoms with Crippen LogP contribution in [0.3, 0.4) is 0 Å². The van der Waals surface area contributed by atoms with Gasteiger partial charge in [-0.15, -0.1) is 6.58 Å². The molecule has 14 nitrogen and oxygen atoms in total. The van der Waals surface area contributed by atoms with Crippen LogP contribution < -0.4 is 20.9 Å². The lowest BCUT2D eigenvalue weighted by molar-refractivity contribution is 0.121. The summed E-state index contributed by atoms with van der Waals surface area (Å²) < 4.78 is 31.3. The summed E-state index contributed by atoms with van der Waals surface area (Å²) in [5.74, 6) is 0.362. The van der Waals surface area contributed by atoms with E-state index in [9.17, 15) is 18.0 Å². The molecular weight excluding hydrogens is 538 g/mol. The van der Waals surface area contributed by atoms with E-state index in [2.05, 4.69) is 31.7 Å². The fourth-order valence-corrected chi connectivity index (χ4v) is 4.94. The number of methoxy groups -OCH3 is 1. The zero-order chi connectivity index (χ0) is 28.4. The number of anilines is 3. The highest BCUT2D eigenvalue weighted by atomic mass is 32.2. The molecule has 0 atom stereocenters. The minimum absolute atomic E-state index is 0.120. The highest BCUT2D eigenvalue weighted by Gasteiger charge is 2.22. The van der Waals surface area contributed by atoms with Crippen LogP contribution in [0.2, 0.25) is 0 Å². The van der Waals surface area contributed by atoms with Gasteiger partial charge < -0.3 is 19.9 Å². The molecule has 4 aromatic rings. The Kier molecular flexibility index (Phi) is 7.23. The average Bonchev–Trinajstić information content (AvgIpc) is 3.23. The van der Waals surface area contributed by atoms with Gasteiger partial charge >= 0.3 is 6.09 Å². The zero-order valence-corrected chi connectivity index (χ0v) is 22.4. The predicted molar refractivity (Wildman–Crippen MR) is 148 cm³/mol. The largest absolute Gasteiger partial charge is 0.453 e. The number of benzene rings is 1. The summed E-state index contributed by atoms with van der Waals surface area (Å²) in [5.41, 5.74) is 1.55. The highest BCUT2D eigenvalue weighted by molar-refractivity contribution is 7.89. The van der Waals surface area contributed by atoms with Crippen LogP contribution in [0.1, 0.15) is 0 Å². The number of sulfonamides is 1. The lowest BCUT2D eigenvalue weighted by Gasteiger charge is -2.35. The number of piperazine rings is 1. The van der Waals surface area contributed by atoms with Gasteiger partial charge in [-0.25, -0.2) is 37.7 Å². The monoisotopic (exact) mass is 565 g/mol. The second-order valence-corrected chi connectivity index (χ2v) is 10.4. The second-order valence-electron chi connectivity index (χ2n) is 8.91. The van der Waals surface area contributed by atoms with Crippen molar-refractivity contribution in [3.05, 3.63) is 71.7 Å². The van der Waals surface area contributed by atoms with E-state index in [4.69, 9.17) is 9.88 Å². The Labute approximate surface area is 229 Å². The van der Waals surface area contributed by atoms with E-state index >= 15 is 0 Å². The molecule has 1 aliphatic heterocycles. The number of primary sulfonamides is 1. The number of hydrogen-bond acceptors (Lipinski definition) is 10. The molecule has 4 heterocycles. The van der Waals surface area contributed by atoms with Gasteiger partial charge in [-0.2, -0.15) is 4.98 Å². The van der Waals surface area contributed by atoms with E-state index in [1.807, 2.05) is 24.3 Å². The van der Waals surface area contributed by atoms with Crippen molar-refractivity contribution >= 4 is 44.5 Å². The number of pyridine rings is 1. The van der Waals surface area contributed by atoms with E-state index < -0.39 is 10.0 Å². The molecule has 0 saturated carbocycles. The van der Waals surface area contributed by atoms with E-state index in [-0.39, 0.29) is 46.0 Å². The van der Waals surface area contributed by atoms with Gasteiger partial charge in [0.15, 0.2) is 16.5 Å². The molecular formula is C25H27N9O5S. The number of rotatable bonds is 7. The zero-order valence-electron chi connectivity index (χ0n) is 21.6. The maximum absolute atomic E-state index is 13.1. The fraction of sp³-hybridized carbons (Fsp3) is 0.240. The maximum atomic E-state index is 13.1. The summed E-state index contributed by atoms with van der Waals surface area (Å²) in [6.45, 7) is 6.33. The molecule has 3 aromatic heterocycles. The molecule has 1 aliphatic rings. The first kappa shape index (κ1) is 26.8. The number of allylic oxidation sites excluding steroid dienone is 1. The van der Waals surface area contributed by atoms with Crippen molar-refractivity contribution in [1.29, 1.82) is 0 Å². The van der Waals surface area contributed by atoms with Gasteiger partial charge in [0.25, 0.3) is 15.6 Å². The van der Waals surface area contributed by atoms with Crippen LogP contribution in [-0.4, -0.2) is 77.0 Å². The topological polar surface area (TPSA) is 171 Å². The molecule has 1 aromatic carbocycles. The summed E-state index contributed by atoms with van der Waals surface area (Å²) in [5, 5.41) is 8.28. The van der Waals surface area contributed by atoms with Crippen LogP contribution in [0.5, 0.6) is 0 Å². The van der Waals surface area contributed by atoms with Crippen LogP contribution in [0.4, 0.5) is 22.1 Å². The van der Waals surface area contributed by atoms with E-state index in [1.54, 1.807) is 11.0 Å². The predicted octanol–water partition coefficient (Wildman–Crippen LogP) is 1.44. The van der Waals surface area contributed by atoms with Crippen LogP contribution in [0.25, 0.3) is 16.9 Å². The highest BCUT2D eigenvalue weighted by Crippen LogP contribution is 2.23. The summed E-state index contributed by atoms with van der Waals surface area (Å²) in [4.78, 5) is 41.7. The van der Waals surface area contributed by atoms with Crippen molar-refractivity contribution in [2.24, 2.45) is 5.14 Å². The first-order valence-corrected chi connectivity index (χ1v) is 13.8. The first-order chi connectivity index (χ1) is 19.2. The van der Waals surface area contributed by atoms with Gasteiger partial charge in [-0.1, -0.05) is 12.1 Å². The van der Waals surface area contributed by atoms with Crippen molar-refractivity contribution in [3.63, 3.8) is 0 Å². The van der Waals surface area contributed by atoms with Crippen molar-refractivity contribution in [1.82, 2.24) is 29.2 Å². The quantitative estimate of drug-likeness (QED) is 0.313. The molecule has 0 spiro atoms. The molecule has 0 aliphatic carbocycles. The molecule has 0 bridgehead atoms. The first-order valence-electron chi connectivity index (χ1n) is 12.2. The number of nitrogens with two attached hydrogens (primary N) is 1. The molecule has 5 rings (SSSR count). The SMILES string of the molecule is C=CCn1c(=O)c2cnc(Nc3ccc(N4CCN(C(=O)OC)CC4)cc3)nc2n1-c1cccc(S(N)(=O)=O)n1.